The molecular formula is C6H13NO3S. The predicted molar refractivity (Wildman–Crippen MR) is 42.1 cm³/mol. The third kappa shape index (κ3) is 1.91. The summed E-state index contributed by atoms with van der Waals surface area (Å²) < 4.78 is 22.1. The first kappa shape index (κ1) is 8.96. The van der Waals surface area contributed by atoms with Gasteiger partial charge in [-0.05, 0) is 0 Å². The van der Waals surface area contributed by atoms with Gasteiger partial charge in [0.15, 0.2) is 9.84 Å². The maximum Gasteiger partial charge on any atom is 0.151 e. The summed E-state index contributed by atoms with van der Waals surface area (Å²) in [5, 5.41) is 11.3. The van der Waals surface area contributed by atoms with E-state index < -0.39 is 15.1 Å². The van der Waals surface area contributed by atoms with Crippen LogP contribution in [-0.2, 0) is 9.84 Å². The van der Waals surface area contributed by atoms with Crippen LogP contribution in [0.2, 0.25) is 0 Å². The lowest BCUT2D eigenvalue weighted by atomic mass is 10.1. The van der Waals surface area contributed by atoms with E-state index >= 15 is 0 Å². The molecule has 1 saturated heterocycles. The molecule has 1 fully saturated rings. The third-order valence-electron chi connectivity index (χ3n) is 2.06. The Labute approximate surface area is 66.5 Å². The average Bonchev–Trinajstić information content (AvgIpc) is 2.31. The van der Waals surface area contributed by atoms with E-state index in [2.05, 4.69) is 5.32 Å². The van der Waals surface area contributed by atoms with Crippen LogP contribution in [0.25, 0.3) is 0 Å². The topological polar surface area (TPSA) is 66.4 Å². The Morgan fingerprint density at radius 1 is 1.55 bits per heavy atom. The van der Waals surface area contributed by atoms with Crippen molar-refractivity contribution in [1.82, 2.24) is 5.32 Å². The first-order valence-corrected chi connectivity index (χ1v) is 5.51. The molecular weight excluding hydrogens is 166 g/mol. The first-order valence-electron chi connectivity index (χ1n) is 3.56. The summed E-state index contributed by atoms with van der Waals surface area (Å²) in [6, 6.07) is 0. The highest BCUT2D eigenvalue weighted by Gasteiger charge is 2.33. The molecule has 4 nitrogen and oxygen atoms in total. The Hall–Kier alpha value is -0.130. The van der Waals surface area contributed by atoms with E-state index in [1.807, 2.05) is 0 Å². The molecule has 1 aliphatic heterocycles. The molecule has 0 spiro atoms. The molecule has 1 aliphatic rings. The van der Waals surface area contributed by atoms with Gasteiger partial charge in [-0.2, -0.15) is 0 Å². The van der Waals surface area contributed by atoms with Crippen molar-refractivity contribution in [3.63, 3.8) is 0 Å². The van der Waals surface area contributed by atoms with Gasteiger partial charge in [0.05, 0.1) is 5.25 Å². The molecule has 0 bridgehead atoms. The molecule has 11 heavy (non-hydrogen) atoms. The average molecular weight is 179 g/mol. The molecule has 0 aromatic rings. The Morgan fingerprint density at radius 2 is 2.18 bits per heavy atom. The molecule has 66 valence electrons. The Morgan fingerprint density at radius 3 is 2.55 bits per heavy atom. The van der Waals surface area contributed by atoms with Gasteiger partial charge in [-0.3, -0.25) is 0 Å². The van der Waals surface area contributed by atoms with Crippen molar-refractivity contribution in [2.75, 3.05) is 26.0 Å². The Bertz CT molecular complexity index is 224. The summed E-state index contributed by atoms with van der Waals surface area (Å²) in [7, 11) is -2.99. The van der Waals surface area contributed by atoms with E-state index in [0.717, 1.165) is 0 Å². The number of sulfone groups is 1. The summed E-state index contributed by atoms with van der Waals surface area (Å²) in [5.74, 6) is -0.120. The van der Waals surface area contributed by atoms with Crippen molar-refractivity contribution in [2.24, 2.45) is 5.92 Å². The minimum Gasteiger partial charge on any atom is -0.396 e. The second-order valence-corrected chi connectivity index (χ2v) is 5.23. The largest absolute Gasteiger partial charge is 0.396 e. The van der Waals surface area contributed by atoms with E-state index in [9.17, 15) is 8.42 Å². The van der Waals surface area contributed by atoms with Gasteiger partial charge in [0, 0.05) is 31.9 Å². The van der Waals surface area contributed by atoms with Gasteiger partial charge in [0.1, 0.15) is 0 Å². The van der Waals surface area contributed by atoms with E-state index in [4.69, 9.17) is 5.11 Å². The van der Waals surface area contributed by atoms with Crippen LogP contribution in [0.5, 0.6) is 0 Å². The molecule has 1 rings (SSSR count). The molecule has 2 N–H and O–H groups in total. The summed E-state index contributed by atoms with van der Waals surface area (Å²) in [6.07, 6.45) is 1.22. The zero-order chi connectivity index (χ0) is 8.48. The number of hydrogen-bond acceptors (Lipinski definition) is 4. The van der Waals surface area contributed by atoms with Crippen molar-refractivity contribution in [1.29, 1.82) is 0 Å². The van der Waals surface area contributed by atoms with Crippen molar-refractivity contribution < 1.29 is 13.5 Å². The van der Waals surface area contributed by atoms with Crippen LogP contribution in [0.3, 0.4) is 0 Å². The van der Waals surface area contributed by atoms with Crippen molar-refractivity contribution >= 4 is 9.84 Å². The standard InChI is InChI=1S/C6H13NO3S/c1-11(9,10)6-3-7-2-5(6)4-8/h5-8H,2-4H2,1H3/t5?,6-/m0/s1. The van der Waals surface area contributed by atoms with E-state index in [1.54, 1.807) is 0 Å². The molecule has 1 heterocycles. The van der Waals surface area contributed by atoms with Crippen LogP contribution in [0.15, 0.2) is 0 Å². The lowest BCUT2D eigenvalue weighted by molar-refractivity contribution is 0.238. The van der Waals surface area contributed by atoms with Crippen LogP contribution in [0, 0.1) is 5.92 Å². The monoisotopic (exact) mass is 179 g/mol. The fraction of sp³-hybridized carbons (Fsp3) is 1.00. The van der Waals surface area contributed by atoms with E-state index in [1.165, 1.54) is 6.26 Å². The normalized spacial score (nSPS) is 32.5. The second kappa shape index (κ2) is 3.08. The van der Waals surface area contributed by atoms with Crippen molar-refractivity contribution in [2.45, 2.75) is 5.25 Å². The maximum atomic E-state index is 11.1. The molecule has 0 aromatic carbocycles. The van der Waals surface area contributed by atoms with Gasteiger partial charge in [-0.25, -0.2) is 8.42 Å². The molecule has 0 aromatic heterocycles. The smallest absolute Gasteiger partial charge is 0.151 e. The summed E-state index contributed by atoms with van der Waals surface area (Å²) in [6.45, 7) is 1.03. The molecule has 0 aliphatic carbocycles. The van der Waals surface area contributed by atoms with Crippen LogP contribution in [-0.4, -0.2) is 44.7 Å². The number of nitrogens with one attached hydrogen (secondary N) is 1. The summed E-state index contributed by atoms with van der Waals surface area (Å²) in [4.78, 5) is 0. The minimum atomic E-state index is -2.99. The summed E-state index contributed by atoms with van der Waals surface area (Å²) in [5.41, 5.74) is 0. The highest BCUT2D eigenvalue weighted by atomic mass is 32.2. The second-order valence-electron chi connectivity index (χ2n) is 2.97. The highest BCUT2D eigenvalue weighted by Crippen LogP contribution is 2.15. The van der Waals surface area contributed by atoms with Gasteiger partial charge in [0.25, 0.3) is 0 Å². The van der Waals surface area contributed by atoms with Crippen molar-refractivity contribution in [3.05, 3.63) is 0 Å². The highest BCUT2D eigenvalue weighted by molar-refractivity contribution is 7.91. The maximum absolute atomic E-state index is 11.1. The van der Waals surface area contributed by atoms with Gasteiger partial charge in [-0.15, -0.1) is 0 Å². The fourth-order valence-electron chi connectivity index (χ4n) is 1.39. The predicted octanol–water partition coefficient (Wildman–Crippen LogP) is -1.39. The summed E-state index contributed by atoms with van der Waals surface area (Å²) >= 11 is 0. The molecule has 0 saturated carbocycles. The molecule has 1 unspecified atom stereocenters. The zero-order valence-corrected chi connectivity index (χ0v) is 7.26. The fourth-order valence-corrected chi connectivity index (χ4v) is 2.69. The van der Waals surface area contributed by atoms with Gasteiger partial charge >= 0.3 is 0 Å². The first-order chi connectivity index (χ1) is 5.05. The van der Waals surface area contributed by atoms with E-state index in [-0.39, 0.29) is 12.5 Å². The number of aliphatic hydroxyl groups is 1. The Balaban J connectivity index is 2.72. The van der Waals surface area contributed by atoms with E-state index in [0.29, 0.717) is 13.1 Å². The zero-order valence-electron chi connectivity index (χ0n) is 6.45. The molecule has 5 heteroatoms. The van der Waals surface area contributed by atoms with Crippen LogP contribution >= 0.6 is 0 Å². The van der Waals surface area contributed by atoms with Gasteiger partial charge in [0.2, 0.25) is 0 Å². The molecule has 2 atom stereocenters. The lowest BCUT2D eigenvalue weighted by Gasteiger charge is -2.12. The SMILES string of the molecule is CS(=O)(=O)[C@H]1CNCC1CO. The molecule has 0 amide bonds. The van der Waals surface area contributed by atoms with Crippen molar-refractivity contribution in [3.8, 4) is 0 Å². The van der Waals surface area contributed by atoms with Crippen LogP contribution < -0.4 is 5.32 Å². The lowest BCUT2D eigenvalue weighted by Crippen LogP contribution is -2.30. The Kier molecular flexibility index (Phi) is 2.51. The number of hydrogen-bond donors (Lipinski definition) is 2. The molecule has 0 radical (unpaired) electrons. The third-order valence-corrected chi connectivity index (χ3v) is 3.71. The quantitative estimate of drug-likeness (QED) is 0.548. The van der Waals surface area contributed by atoms with Crippen LogP contribution in [0.1, 0.15) is 0 Å². The minimum absolute atomic E-state index is 0.0509. The van der Waals surface area contributed by atoms with Gasteiger partial charge in [-0.1, -0.05) is 0 Å². The van der Waals surface area contributed by atoms with Gasteiger partial charge < -0.3 is 10.4 Å². The van der Waals surface area contributed by atoms with Crippen LogP contribution in [0.4, 0.5) is 0 Å². The number of rotatable bonds is 2. The number of aliphatic hydroxyl groups excluding tert-OH is 1.